The lowest BCUT2D eigenvalue weighted by Crippen LogP contribution is -2.04. The Hall–Kier alpha value is -0.640. The monoisotopic (exact) mass is 300 g/mol. The van der Waals surface area contributed by atoms with Gasteiger partial charge in [0.1, 0.15) is 6.17 Å². The topological polar surface area (TPSA) is 0 Å². The first-order valence-electron chi connectivity index (χ1n) is 4.54. The van der Waals surface area contributed by atoms with Crippen molar-refractivity contribution in [1.82, 2.24) is 0 Å². The second-order valence-electron chi connectivity index (χ2n) is 3.26. The van der Waals surface area contributed by atoms with Crippen molar-refractivity contribution < 1.29 is 4.39 Å². The van der Waals surface area contributed by atoms with Crippen LogP contribution in [-0.2, 0) is 0 Å². The molecule has 0 spiro atoms. The van der Waals surface area contributed by atoms with E-state index < -0.39 is 6.17 Å². The summed E-state index contributed by atoms with van der Waals surface area (Å²) in [6, 6.07) is 7.94. The van der Waals surface area contributed by atoms with E-state index in [0.717, 1.165) is 14.7 Å². The van der Waals surface area contributed by atoms with Crippen LogP contribution in [0.25, 0.3) is 5.57 Å². The van der Waals surface area contributed by atoms with Gasteiger partial charge in [0.25, 0.3) is 0 Å². The van der Waals surface area contributed by atoms with Crippen molar-refractivity contribution in [3.8, 4) is 0 Å². The van der Waals surface area contributed by atoms with Gasteiger partial charge >= 0.3 is 0 Å². The molecule has 0 saturated carbocycles. The number of hydrogen-bond acceptors (Lipinski definition) is 0. The number of alkyl halides is 1. The van der Waals surface area contributed by atoms with Crippen molar-refractivity contribution in [1.29, 1.82) is 0 Å². The van der Waals surface area contributed by atoms with Crippen LogP contribution in [0.1, 0.15) is 12.0 Å². The average molecular weight is 300 g/mol. The molecular weight excluding hydrogens is 290 g/mol. The molecule has 1 unspecified atom stereocenters. The predicted molar refractivity (Wildman–Crippen MR) is 65.8 cm³/mol. The quantitative estimate of drug-likeness (QED) is 0.688. The number of hydrogen-bond donors (Lipinski definition) is 0. The Balaban J connectivity index is 2.39. The fraction of sp³-hybridized carbons (Fsp3) is 0.167. The molecule has 0 saturated heterocycles. The summed E-state index contributed by atoms with van der Waals surface area (Å²) in [5.41, 5.74) is 1.79. The average Bonchev–Trinajstić information content (AvgIpc) is 2.18. The van der Waals surface area contributed by atoms with Crippen molar-refractivity contribution in [2.45, 2.75) is 12.6 Å². The van der Waals surface area contributed by atoms with Crippen LogP contribution < -0.4 is 0 Å². The van der Waals surface area contributed by atoms with Crippen LogP contribution in [0.5, 0.6) is 0 Å². The maximum Gasteiger partial charge on any atom is 0.129 e. The Bertz CT molecular complexity index is 393. The van der Waals surface area contributed by atoms with E-state index in [0.29, 0.717) is 6.42 Å². The number of halogens is 2. The predicted octanol–water partition coefficient (Wildman–Crippen LogP) is 3.97. The van der Waals surface area contributed by atoms with Crippen molar-refractivity contribution in [2.24, 2.45) is 0 Å². The lowest BCUT2D eigenvalue weighted by molar-refractivity contribution is 0.414. The van der Waals surface area contributed by atoms with E-state index in [2.05, 4.69) is 22.6 Å². The second kappa shape index (κ2) is 4.26. The highest BCUT2D eigenvalue weighted by atomic mass is 127. The summed E-state index contributed by atoms with van der Waals surface area (Å²) < 4.78 is 14.7. The van der Waals surface area contributed by atoms with E-state index in [-0.39, 0.29) is 0 Å². The summed E-state index contributed by atoms with van der Waals surface area (Å²) >= 11 is 2.24. The van der Waals surface area contributed by atoms with Gasteiger partial charge in [0.15, 0.2) is 0 Å². The van der Waals surface area contributed by atoms with Crippen LogP contribution in [0.15, 0.2) is 42.5 Å². The Morgan fingerprint density at radius 1 is 1.36 bits per heavy atom. The molecule has 1 atom stereocenters. The van der Waals surface area contributed by atoms with Crippen molar-refractivity contribution in [3.05, 3.63) is 51.6 Å². The third-order valence-electron chi connectivity index (χ3n) is 2.25. The normalized spacial score (nSPS) is 20.7. The maximum atomic E-state index is 13.5. The van der Waals surface area contributed by atoms with Crippen LogP contribution in [0, 0.1) is 3.57 Å². The van der Waals surface area contributed by atoms with Gasteiger partial charge in [-0.25, -0.2) is 4.39 Å². The summed E-state index contributed by atoms with van der Waals surface area (Å²) in [6.45, 7) is 0. The van der Waals surface area contributed by atoms with Crippen LogP contribution in [0.4, 0.5) is 4.39 Å². The van der Waals surface area contributed by atoms with Gasteiger partial charge in [-0.3, -0.25) is 0 Å². The minimum atomic E-state index is -0.849. The molecule has 0 aliphatic heterocycles. The molecule has 0 aromatic heterocycles. The van der Waals surface area contributed by atoms with Crippen molar-refractivity contribution in [2.75, 3.05) is 0 Å². The maximum absolute atomic E-state index is 13.5. The first-order chi connectivity index (χ1) is 6.77. The zero-order valence-corrected chi connectivity index (χ0v) is 9.74. The third-order valence-corrected chi connectivity index (χ3v) is 2.92. The standard InChI is InChI=1S/C12H10FI/c13-12-7-2-1-6-11(12)9-4-3-5-10(14)8-9/h1-6,8,12H,7H2. The first kappa shape index (κ1) is 9.90. The summed E-state index contributed by atoms with van der Waals surface area (Å²) in [7, 11) is 0. The summed E-state index contributed by atoms with van der Waals surface area (Å²) in [6.07, 6.45) is 5.29. The molecule has 14 heavy (non-hydrogen) atoms. The molecule has 0 amide bonds. The first-order valence-corrected chi connectivity index (χ1v) is 5.62. The minimum absolute atomic E-state index is 0.497. The molecule has 2 rings (SSSR count). The lowest BCUT2D eigenvalue weighted by Gasteiger charge is -2.14. The Labute approximate surface area is 96.7 Å². The van der Waals surface area contributed by atoms with E-state index in [1.807, 2.05) is 42.5 Å². The van der Waals surface area contributed by atoms with Gasteiger partial charge in [0.2, 0.25) is 0 Å². The molecule has 72 valence electrons. The van der Waals surface area contributed by atoms with Gasteiger partial charge in [-0.05, 0) is 45.9 Å². The number of rotatable bonds is 1. The van der Waals surface area contributed by atoms with Crippen LogP contribution in [0.3, 0.4) is 0 Å². The van der Waals surface area contributed by atoms with Crippen molar-refractivity contribution >= 4 is 28.2 Å². The summed E-state index contributed by atoms with van der Waals surface area (Å²) in [5, 5.41) is 0. The molecule has 0 nitrogen and oxygen atoms in total. The minimum Gasteiger partial charge on any atom is -0.242 e. The van der Waals surface area contributed by atoms with E-state index in [1.165, 1.54) is 0 Å². The molecular formula is C12H10FI. The van der Waals surface area contributed by atoms with Gasteiger partial charge in [0.05, 0.1) is 0 Å². The fourth-order valence-corrected chi connectivity index (χ4v) is 2.09. The van der Waals surface area contributed by atoms with E-state index in [4.69, 9.17) is 0 Å². The largest absolute Gasteiger partial charge is 0.242 e. The lowest BCUT2D eigenvalue weighted by atomic mass is 9.96. The van der Waals surface area contributed by atoms with Gasteiger partial charge in [-0.15, -0.1) is 0 Å². The van der Waals surface area contributed by atoms with Crippen LogP contribution in [-0.4, -0.2) is 6.17 Å². The van der Waals surface area contributed by atoms with E-state index in [1.54, 1.807) is 0 Å². The zero-order valence-electron chi connectivity index (χ0n) is 7.58. The Kier molecular flexibility index (Phi) is 3.01. The van der Waals surface area contributed by atoms with Gasteiger partial charge < -0.3 is 0 Å². The molecule has 0 bridgehead atoms. The molecule has 1 aliphatic carbocycles. The Morgan fingerprint density at radius 3 is 2.93 bits per heavy atom. The molecule has 1 aromatic carbocycles. The molecule has 0 radical (unpaired) electrons. The number of allylic oxidation sites excluding steroid dienone is 4. The van der Waals surface area contributed by atoms with Gasteiger partial charge in [0, 0.05) is 9.99 Å². The molecule has 1 aliphatic rings. The summed E-state index contributed by atoms with van der Waals surface area (Å²) in [4.78, 5) is 0. The van der Waals surface area contributed by atoms with Crippen LogP contribution in [0.2, 0.25) is 0 Å². The molecule has 0 fully saturated rings. The van der Waals surface area contributed by atoms with E-state index >= 15 is 0 Å². The van der Waals surface area contributed by atoms with Crippen molar-refractivity contribution in [3.63, 3.8) is 0 Å². The molecule has 2 heteroatoms. The molecule has 1 aromatic rings. The highest BCUT2D eigenvalue weighted by Crippen LogP contribution is 2.27. The van der Waals surface area contributed by atoms with E-state index in [9.17, 15) is 4.39 Å². The molecule has 0 N–H and O–H groups in total. The Morgan fingerprint density at radius 2 is 2.21 bits per heavy atom. The molecule has 0 heterocycles. The SMILES string of the molecule is FC1CC=CC=C1c1cccc(I)c1. The van der Waals surface area contributed by atoms with Gasteiger partial charge in [-0.1, -0.05) is 30.4 Å². The third kappa shape index (κ3) is 2.05. The summed E-state index contributed by atoms with van der Waals surface area (Å²) in [5.74, 6) is 0. The fourth-order valence-electron chi connectivity index (χ4n) is 1.55. The zero-order chi connectivity index (χ0) is 9.97. The second-order valence-corrected chi connectivity index (χ2v) is 4.51. The highest BCUT2D eigenvalue weighted by Gasteiger charge is 2.15. The number of benzene rings is 1. The highest BCUT2D eigenvalue weighted by molar-refractivity contribution is 14.1. The van der Waals surface area contributed by atoms with Crippen LogP contribution >= 0.6 is 22.6 Å². The van der Waals surface area contributed by atoms with Gasteiger partial charge in [-0.2, -0.15) is 0 Å². The smallest absolute Gasteiger partial charge is 0.129 e.